The molecular weight excluding hydrogens is 364 g/mol. The highest BCUT2D eigenvalue weighted by atomic mass is 35.5. The topological polar surface area (TPSA) is 71.2 Å². The predicted octanol–water partition coefficient (Wildman–Crippen LogP) is 3.32. The van der Waals surface area contributed by atoms with Crippen molar-refractivity contribution in [3.05, 3.63) is 70.5 Å². The van der Waals surface area contributed by atoms with Crippen molar-refractivity contribution in [3.8, 4) is 11.4 Å². The average Bonchev–Trinajstić information content (AvgIpc) is 3.02. The lowest BCUT2D eigenvalue weighted by molar-refractivity contribution is -0.139. The van der Waals surface area contributed by atoms with Crippen molar-refractivity contribution >= 4 is 17.6 Å². The summed E-state index contributed by atoms with van der Waals surface area (Å²) in [5.74, 6) is 0.225. The van der Waals surface area contributed by atoms with Crippen LogP contribution in [0.2, 0.25) is 5.02 Å². The standard InChI is InChI=1S/C20H19ClN4O2/c1-24-18(22-23-19(24)13-6-8-15(21)9-7-13)12-25-10-14-4-2-3-5-16(14)17(11-25)20(26)27/h2-9,17H,10-12H2,1H3,(H,26,27). The molecule has 2 heterocycles. The van der Waals surface area contributed by atoms with E-state index in [1.54, 1.807) is 0 Å². The van der Waals surface area contributed by atoms with Gasteiger partial charge in [-0.15, -0.1) is 10.2 Å². The highest BCUT2D eigenvalue weighted by Gasteiger charge is 2.30. The number of carbonyl (C=O) groups is 1. The van der Waals surface area contributed by atoms with E-state index in [0.717, 1.165) is 28.3 Å². The molecule has 0 amide bonds. The minimum Gasteiger partial charge on any atom is -0.481 e. The molecule has 0 radical (unpaired) electrons. The van der Waals surface area contributed by atoms with Crippen LogP contribution in [0.1, 0.15) is 22.9 Å². The Bertz CT molecular complexity index is 984. The third-order valence-electron chi connectivity index (χ3n) is 5.00. The summed E-state index contributed by atoms with van der Waals surface area (Å²) in [5.41, 5.74) is 2.89. The van der Waals surface area contributed by atoms with Crippen molar-refractivity contribution in [1.82, 2.24) is 19.7 Å². The normalized spacial score (nSPS) is 16.9. The molecule has 0 fully saturated rings. The second kappa shape index (κ2) is 7.13. The first-order valence-corrected chi connectivity index (χ1v) is 9.08. The Morgan fingerprint density at radius 3 is 2.67 bits per heavy atom. The highest BCUT2D eigenvalue weighted by Crippen LogP contribution is 2.29. The number of rotatable bonds is 4. The Kier molecular flexibility index (Phi) is 4.68. The summed E-state index contributed by atoms with van der Waals surface area (Å²) >= 11 is 5.96. The van der Waals surface area contributed by atoms with Gasteiger partial charge in [-0.3, -0.25) is 9.69 Å². The third-order valence-corrected chi connectivity index (χ3v) is 5.25. The van der Waals surface area contributed by atoms with Crippen LogP contribution in [-0.4, -0.2) is 37.3 Å². The van der Waals surface area contributed by atoms with Crippen LogP contribution in [0.5, 0.6) is 0 Å². The van der Waals surface area contributed by atoms with Crippen LogP contribution < -0.4 is 0 Å². The number of aromatic nitrogens is 3. The lowest BCUT2D eigenvalue weighted by Gasteiger charge is -2.32. The van der Waals surface area contributed by atoms with Crippen LogP contribution in [0.15, 0.2) is 48.5 Å². The molecule has 7 heteroatoms. The number of benzene rings is 2. The molecule has 0 aliphatic carbocycles. The lowest BCUT2D eigenvalue weighted by atomic mass is 9.90. The first kappa shape index (κ1) is 17.7. The molecule has 4 rings (SSSR count). The number of halogens is 1. The number of hydrogen-bond acceptors (Lipinski definition) is 4. The van der Waals surface area contributed by atoms with Gasteiger partial charge in [-0.05, 0) is 35.4 Å². The van der Waals surface area contributed by atoms with Crippen molar-refractivity contribution in [1.29, 1.82) is 0 Å². The molecule has 27 heavy (non-hydrogen) atoms. The summed E-state index contributed by atoms with van der Waals surface area (Å²) < 4.78 is 1.94. The average molecular weight is 383 g/mol. The lowest BCUT2D eigenvalue weighted by Crippen LogP contribution is -2.37. The maximum Gasteiger partial charge on any atom is 0.312 e. The fraction of sp³-hybridized carbons (Fsp3) is 0.250. The molecule has 0 spiro atoms. The first-order chi connectivity index (χ1) is 13.0. The van der Waals surface area contributed by atoms with Gasteiger partial charge in [-0.1, -0.05) is 35.9 Å². The van der Waals surface area contributed by atoms with Gasteiger partial charge in [0.1, 0.15) is 5.82 Å². The number of nitrogens with zero attached hydrogens (tertiary/aromatic N) is 4. The Morgan fingerprint density at radius 2 is 1.93 bits per heavy atom. The minimum absolute atomic E-state index is 0.454. The maximum absolute atomic E-state index is 11.7. The number of aliphatic carboxylic acids is 1. The summed E-state index contributed by atoms with van der Waals surface area (Å²) in [7, 11) is 1.92. The second-order valence-corrected chi connectivity index (χ2v) is 7.20. The van der Waals surface area contributed by atoms with Crippen molar-refractivity contribution in [2.45, 2.75) is 19.0 Å². The van der Waals surface area contributed by atoms with E-state index in [9.17, 15) is 9.90 Å². The van der Waals surface area contributed by atoms with Crippen LogP contribution >= 0.6 is 11.6 Å². The zero-order valence-electron chi connectivity index (χ0n) is 14.8. The van der Waals surface area contributed by atoms with Crippen LogP contribution in [0.25, 0.3) is 11.4 Å². The van der Waals surface area contributed by atoms with E-state index >= 15 is 0 Å². The monoisotopic (exact) mass is 382 g/mol. The molecule has 138 valence electrons. The summed E-state index contributed by atoms with van der Waals surface area (Å²) in [6, 6.07) is 15.2. The number of fused-ring (bicyclic) bond motifs is 1. The molecule has 0 saturated carbocycles. The second-order valence-electron chi connectivity index (χ2n) is 6.77. The van der Waals surface area contributed by atoms with Crippen molar-refractivity contribution < 1.29 is 9.90 Å². The third kappa shape index (κ3) is 3.46. The van der Waals surface area contributed by atoms with Gasteiger partial charge in [0.05, 0.1) is 12.5 Å². The van der Waals surface area contributed by atoms with Gasteiger partial charge in [-0.25, -0.2) is 0 Å². The van der Waals surface area contributed by atoms with Gasteiger partial charge in [0, 0.05) is 30.7 Å². The van der Waals surface area contributed by atoms with Crippen molar-refractivity contribution in [2.75, 3.05) is 6.54 Å². The number of carboxylic acids is 1. The Labute approximate surface area is 162 Å². The van der Waals surface area contributed by atoms with E-state index in [1.807, 2.05) is 60.1 Å². The molecule has 1 atom stereocenters. The molecule has 1 aromatic heterocycles. The Balaban J connectivity index is 1.58. The number of hydrogen-bond donors (Lipinski definition) is 1. The van der Waals surface area contributed by atoms with E-state index in [0.29, 0.717) is 24.7 Å². The van der Waals surface area contributed by atoms with Crippen LogP contribution in [0.3, 0.4) is 0 Å². The molecule has 0 saturated heterocycles. The molecule has 1 N–H and O–H groups in total. The quantitative estimate of drug-likeness (QED) is 0.749. The largest absolute Gasteiger partial charge is 0.481 e. The van der Waals surface area contributed by atoms with Gasteiger partial charge < -0.3 is 9.67 Å². The smallest absolute Gasteiger partial charge is 0.312 e. The zero-order valence-corrected chi connectivity index (χ0v) is 15.6. The van der Waals surface area contributed by atoms with Crippen LogP contribution in [0.4, 0.5) is 0 Å². The van der Waals surface area contributed by atoms with E-state index in [4.69, 9.17) is 11.6 Å². The summed E-state index contributed by atoms with van der Waals surface area (Å²) in [5, 5.41) is 18.9. The van der Waals surface area contributed by atoms with Crippen LogP contribution in [-0.2, 0) is 24.9 Å². The van der Waals surface area contributed by atoms with Crippen molar-refractivity contribution in [2.24, 2.45) is 7.05 Å². The van der Waals surface area contributed by atoms with Crippen LogP contribution in [0, 0.1) is 0 Å². The SMILES string of the molecule is Cn1c(CN2Cc3ccccc3C(C(=O)O)C2)nnc1-c1ccc(Cl)cc1. The van der Waals surface area contributed by atoms with Gasteiger partial charge in [0.15, 0.2) is 5.82 Å². The Morgan fingerprint density at radius 1 is 1.19 bits per heavy atom. The fourth-order valence-electron chi connectivity index (χ4n) is 3.56. The summed E-state index contributed by atoms with van der Waals surface area (Å²) in [6.07, 6.45) is 0. The van der Waals surface area contributed by atoms with E-state index in [2.05, 4.69) is 15.1 Å². The Hall–Kier alpha value is -2.70. The highest BCUT2D eigenvalue weighted by molar-refractivity contribution is 6.30. The van der Waals surface area contributed by atoms with Gasteiger partial charge in [-0.2, -0.15) is 0 Å². The first-order valence-electron chi connectivity index (χ1n) is 8.70. The molecular formula is C20H19ClN4O2. The maximum atomic E-state index is 11.7. The molecule has 2 aromatic carbocycles. The molecule has 1 aliphatic rings. The van der Waals surface area contributed by atoms with Gasteiger partial charge in [0.25, 0.3) is 0 Å². The fourth-order valence-corrected chi connectivity index (χ4v) is 3.69. The van der Waals surface area contributed by atoms with Gasteiger partial charge in [0.2, 0.25) is 0 Å². The summed E-state index contributed by atoms with van der Waals surface area (Å²) in [6.45, 7) is 1.69. The number of carboxylic acid groups (broad SMARTS) is 1. The molecule has 1 aliphatic heterocycles. The van der Waals surface area contributed by atoms with E-state index in [-0.39, 0.29) is 0 Å². The minimum atomic E-state index is -0.799. The molecule has 1 unspecified atom stereocenters. The van der Waals surface area contributed by atoms with E-state index < -0.39 is 11.9 Å². The predicted molar refractivity (Wildman–Crippen MR) is 102 cm³/mol. The summed E-state index contributed by atoms with van der Waals surface area (Å²) in [4.78, 5) is 13.8. The molecule has 6 nitrogen and oxygen atoms in total. The molecule has 0 bridgehead atoms. The van der Waals surface area contributed by atoms with Crippen molar-refractivity contribution in [3.63, 3.8) is 0 Å². The van der Waals surface area contributed by atoms with Gasteiger partial charge >= 0.3 is 5.97 Å². The van der Waals surface area contributed by atoms with E-state index in [1.165, 1.54) is 0 Å². The zero-order chi connectivity index (χ0) is 19.0. The molecule has 3 aromatic rings.